The first kappa shape index (κ1) is 7.11. The van der Waals surface area contributed by atoms with Crippen LogP contribution < -0.4 is 0 Å². The van der Waals surface area contributed by atoms with Gasteiger partial charge in [-0.25, -0.2) is 0 Å². The molecule has 54 valence electrons. The van der Waals surface area contributed by atoms with E-state index in [-0.39, 0.29) is 0 Å². The maximum Gasteiger partial charge on any atom is -0.0414 e. The highest BCUT2D eigenvalue weighted by Gasteiger charge is 2.16. The fourth-order valence-electron chi connectivity index (χ4n) is 1.93. The Balaban J connectivity index is 2.23. The zero-order chi connectivity index (χ0) is 6.69. The van der Waals surface area contributed by atoms with Crippen molar-refractivity contribution in [3.63, 3.8) is 0 Å². The fraction of sp³-hybridized carbons (Fsp3) is 1.00. The smallest absolute Gasteiger partial charge is 0.0414 e. The predicted molar refractivity (Wildman–Crippen MR) is 41.4 cm³/mol. The summed E-state index contributed by atoms with van der Waals surface area (Å²) in [5.41, 5.74) is 0. The summed E-state index contributed by atoms with van der Waals surface area (Å²) >= 11 is 0. The molecule has 0 spiro atoms. The second-order valence-corrected chi connectivity index (χ2v) is 3.55. The lowest BCUT2D eigenvalue weighted by molar-refractivity contribution is 0.276. The van der Waals surface area contributed by atoms with Crippen LogP contribution >= 0.6 is 0 Å². The number of hydrogen-bond acceptors (Lipinski definition) is 0. The monoisotopic (exact) mass is 126 g/mol. The maximum atomic E-state index is 2.39. The molecular formula is C9H18. The van der Waals surface area contributed by atoms with Gasteiger partial charge in [-0.3, -0.25) is 0 Å². The quantitative estimate of drug-likeness (QED) is 0.506. The summed E-state index contributed by atoms with van der Waals surface area (Å²) in [6.45, 7) is 4.71. The molecule has 1 saturated carbocycles. The fourth-order valence-corrected chi connectivity index (χ4v) is 1.93. The molecule has 0 N–H and O–H groups in total. The van der Waals surface area contributed by atoms with Gasteiger partial charge in [0.25, 0.3) is 0 Å². The third-order valence-electron chi connectivity index (χ3n) is 2.62. The van der Waals surface area contributed by atoms with Crippen molar-refractivity contribution in [2.75, 3.05) is 0 Å². The predicted octanol–water partition coefficient (Wildman–Crippen LogP) is 3.22. The van der Waals surface area contributed by atoms with Gasteiger partial charge in [0.1, 0.15) is 0 Å². The molecule has 9 heavy (non-hydrogen) atoms. The molecular weight excluding hydrogens is 108 g/mol. The summed E-state index contributed by atoms with van der Waals surface area (Å²) in [5, 5.41) is 0. The van der Waals surface area contributed by atoms with E-state index in [0.29, 0.717) is 0 Å². The van der Waals surface area contributed by atoms with Crippen LogP contribution in [-0.4, -0.2) is 0 Å². The van der Waals surface area contributed by atoms with E-state index in [0.717, 1.165) is 11.8 Å². The maximum absolute atomic E-state index is 2.39. The molecule has 1 fully saturated rings. The SMILES string of the molecule is CCC1CCCC(C)C1. The lowest BCUT2D eigenvalue weighted by atomic mass is 9.81. The Bertz CT molecular complexity index is 76.1. The van der Waals surface area contributed by atoms with Crippen molar-refractivity contribution in [3.8, 4) is 0 Å². The largest absolute Gasteiger partial charge is 0.0651 e. The van der Waals surface area contributed by atoms with Gasteiger partial charge in [-0.05, 0) is 18.3 Å². The van der Waals surface area contributed by atoms with Crippen LogP contribution in [0.15, 0.2) is 0 Å². The zero-order valence-electron chi connectivity index (χ0n) is 6.69. The highest BCUT2D eigenvalue weighted by molar-refractivity contribution is 4.68. The summed E-state index contributed by atoms with van der Waals surface area (Å²) < 4.78 is 0. The molecule has 0 aromatic rings. The van der Waals surface area contributed by atoms with Gasteiger partial charge in [-0.15, -0.1) is 0 Å². The first-order chi connectivity index (χ1) is 4.33. The van der Waals surface area contributed by atoms with E-state index in [1.54, 1.807) is 0 Å². The first-order valence-electron chi connectivity index (χ1n) is 4.33. The highest BCUT2D eigenvalue weighted by Crippen LogP contribution is 2.29. The average Bonchev–Trinajstić information content (AvgIpc) is 1.88. The molecule has 2 atom stereocenters. The van der Waals surface area contributed by atoms with Crippen molar-refractivity contribution in [1.29, 1.82) is 0 Å². The van der Waals surface area contributed by atoms with E-state index in [4.69, 9.17) is 0 Å². The minimum absolute atomic E-state index is 1.02. The molecule has 0 aromatic carbocycles. The van der Waals surface area contributed by atoms with Gasteiger partial charge in [0.2, 0.25) is 0 Å². The van der Waals surface area contributed by atoms with E-state index in [1.807, 2.05) is 0 Å². The molecule has 0 heterocycles. The molecule has 0 amide bonds. The van der Waals surface area contributed by atoms with Crippen molar-refractivity contribution >= 4 is 0 Å². The van der Waals surface area contributed by atoms with E-state index in [2.05, 4.69) is 13.8 Å². The molecule has 0 aliphatic heterocycles. The van der Waals surface area contributed by atoms with Crippen molar-refractivity contribution in [2.45, 2.75) is 46.0 Å². The number of rotatable bonds is 1. The lowest BCUT2D eigenvalue weighted by Gasteiger charge is -2.25. The molecule has 1 rings (SSSR count). The minimum atomic E-state index is 1.02. The summed E-state index contributed by atoms with van der Waals surface area (Å²) in [6, 6.07) is 0. The van der Waals surface area contributed by atoms with Crippen LogP contribution in [0, 0.1) is 11.8 Å². The third-order valence-corrected chi connectivity index (χ3v) is 2.62. The Morgan fingerprint density at radius 1 is 1.33 bits per heavy atom. The molecule has 1 aliphatic rings. The molecule has 2 unspecified atom stereocenters. The van der Waals surface area contributed by atoms with E-state index in [1.165, 1.54) is 32.1 Å². The van der Waals surface area contributed by atoms with Crippen molar-refractivity contribution < 1.29 is 0 Å². The highest BCUT2D eigenvalue weighted by atomic mass is 14.2. The summed E-state index contributed by atoms with van der Waals surface area (Å²) in [4.78, 5) is 0. The van der Waals surface area contributed by atoms with Crippen molar-refractivity contribution in [2.24, 2.45) is 11.8 Å². The van der Waals surface area contributed by atoms with Crippen LogP contribution in [-0.2, 0) is 0 Å². The van der Waals surface area contributed by atoms with Crippen LogP contribution in [0.25, 0.3) is 0 Å². The summed E-state index contributed by atoms with van der Waals surface area (Å²) in [6.07, 6.45) is 7.37. The topological polar surface area (TPSA) is 0 Å². The van der Waals surface area contributed by atoms with Crippen molar-refractivity contribution in [3.05, 3.63) is 0 Å². The van der Waals surface area contributed by atoms with E-state index >= 15 is 0 Å². The Labute approximate surface area is 58.7 Å². The molecule has 0 nitrogen and oxygen atoms in total. The third kappa shape index (κ3) is 2.00. The first-order valence-corrected chi connectivity index (χ1v) is 4.33. The average molecular weight is 126 g/mol. The molecule has 0 heteroatoms. The molecule has 0 bridgehead atoms. The Morgan fingerprint density at radius 2 is 2.11 bits per heavy atom. The van der Waals surface area contributed by atoms with Gasteiger partial charge in [-0.1, -0.05) is 39.5 Å². The zero-order valence-corrected chi connectivity index (χ0v) is 6.69. The molecule has 0 saturated heterocycles. The lowest BCUT2D eigenvalue weighted by Crippen LogP contribution is -2.11. The minimum Gasteiger partial charge on any atom is -0.0651 e. The van der Waals surface area contributed by atoms with E-state index < -0.39 is 0 Å². The van der Waals surface area contributed by atoms with Crippen LogP contribution in [0.5, 0.6) is 0 Å². The van der Waals surface area contributed by atoms with Crippen LogP contribution in [0.2, 0.25) is 0 Å². The normalized spacial score (nSPS) is 36.7. The Hall–Kier alpha value is 0. The second-order valence-electron chi connectivity index (χ2n) is 3.55. The molecule has 1 aliphatic carbocycles. The van der Waals surface area contributed by atoms with Crippen LogP contribution in [0.1, 0.15) is 46.0 Å². The summed E-state index contributed by atoms with van der Waals surface area (Å²) in [7, 11) is 0. The Kier molecular flexibility index (Phi) is 2.56. The van der Waals surface area contributed by atoms with Gasteiger partial charge in [-0.2, -0.15) is 0 Å². The summed E-state index contributed by atoms with van der Waals surface area (Å²) in [5.74, 6) is 2.08. The van der Waals surface area contributed by atoms with Crippen LogP contribution in [0.3, 0.4) is 0 Å². The van der Waals surface area contributed by atoms with Gasteiger partial charge >= 0.3 is 0 Å². The molecule has 0 aromatic heterocycles. The van der Waals surface area contributed by atoms with E-state index in [9.17, 15) is 0 Å². The molecule has 0 radical (unpaired) electrons. The van der Waals surface area contributed by atoms with Gasteiger partial charge < -0.3 is 0 Å². The van der Waals surface area contributed by atoms with Gasteiger partial charge in [0, 0.05) is 0 Å². The van der Waals surface area contributed by atoms with Gasteiger partial charge in [0.15, 0.2) is 0 Å². The number of hydrogen-bond donors (Lipinski definition) is 0. The second kappa shape index (κ2) is 3.24. The van der Waals surface area contributed by atoms with Crippen LogP contribution in [0.4, 0.5) is 0 Å². The standard InChI is InChI=1S/C9H18/c1-3-9-6-4-5-8(2)7-9/h8-9H,3-7H2,1-2H3. The van der Waals surface area contributed by atoms with Crippen molar-refractivity contribution in [1.82, 2.24) is 0 Å². The van der Waals surface area contributed by atoms with Gasteiger partial charge in [0.05, 0.1) is 0 Å². The Morgan fingerprint density at radius 3 is 2.56 bits per heavy atom.